The summed E-state index contributed by atoms with van der Waals surface area (Å²) in [5.41, 5.74) is -0.536. The number of halogens is 3. The molecule has 206 valence electrons. The van der Waals surface area contributed by atoms with Gasteiger partial charge in [0, 0.05) is 17.8 Å². The molecule has 12 heteroatoms. The van der Waals surface area contributed by atoms with Gasteiger partial charge in [-0.2, -0.15) is 0 Å². The molecular weight excluding hydrogens is 534 g/mol. The Morgan fingerprint density at radius 3 is 2.51 bits per heavy atom. The third kappa shape index (κ3) is 5.95. The van der Waals surface area contributed by atoms with Crippen molar-refractivity contribution in [3.8, 4) is 5.75 Å². The van der Waals surface area contributed by atoms with E-state index in [1.165, 1.54) is 46.5 Å². The SMILES string of the molecule is CNCC(=O)N1CN(C(=O)C(C)(C)O)c2ccc(Cn3ccc(OCc4ccc(F)cc4F)c(Cl)c3=O)cc21. The Bertz CT molecular complexity index is 1490. The first-order valence-electron chi connectivity index (χ1n) is 12.0. The van der Waals surface area contributed by atoms with Crippen LogP contribution in [0.4, 0.5) is 20.2 Å². The highest BCUT2D eigenvalue weighted by atomic mass is 35.5. The van der Waals surface area contributed by atoms with Crippen molar-refractivity contribution in [2.24, 2.45) is 0 Å². The average Bonchev–Trinajstić information content (AvgIpc) is 3.25. The van der Waals surface area contributed by atoms with Gasteiger partial charge < -0.3 is 19.7 Å². The molecule has 2 heterocycles. The minimum Gasteiger partial charge on any atom is -0.487 e. The molecule has 3 aromatic rings. The zero-order valence-electron chi connectivity index (χ0n) is 21.5. The third-order valence-corrected chi connectivity index (χ3v) is 6.47. The summed E-state index contributed by atoms with van der Waals surface area (Å²) in [4.78, 5) is 41.3. The van der Waals surface area contributed by atoms with Crippen molar-refractivity contribution >= 4 is 34.8 Å². The summed E-state index contributed by atoms with van der Waals surface area (Å²) < 4.78 is 33.9. The lowest BCUT2D eigenvalue weighted by atomic mass is 10.1. The summed E-state index contributed by atoms with van der Waals surface area (Å²) in [5, 5.41) is 12.8. The lowest BCUT2D eigenvalue weighted by Gasteiger charge is -2.25. The predicted octanol–water partition coefficient (Wildman–Crippen LogP) is 3.03. The van der Waals surface area contributed by atoms with E-state index in [2.05, 4.69) is 5.32 Å². The molecule has 0 atom stereocenters. The number of pyridine rings is 1. The number of nitrogens with zero attached hydrogens (tertiary/aromatic N) is 3. The number of carbonyl (C=O) groups excluding carboxylic acids is 2. The molecule has 4 rings (SSSR count). The number of anilines is 2. The van der Waals surface area contributed by atoms with Crippen LogP contribution < -0.4 is 25.4 Å². The van der Waals surface area contributed by atoms with E-state index in [9.17, 15) is 28.3 Å². The van der Waals surface area contributed by atoms with Crippen molar-refractivity contribution in [1.82, 2.24) is 9.88 Å². The highest BCUT2D eigenvalue weighted by Gasteiger charge is 2.39. The topological polar surface area (TPSA) is 104 Å². The number of aliphatic hydroxyl groups is 1. The van der Waals surface area contributed by atoms with Gasteiger partial charge in [0.25, 0.3) is 11.5 Å². The third-order valence-electron chi connectivity index (χ3n) is 6.12. The number of ether oxygens (including phenoxy) is 1. The monoisotopic (exact) mass is 560 g/mol. The van der Waals surface area contributed by atoms with Crippen LogP contribution in [-0.2, 0) is 22.7 Å². The van der Waals surface area contributed by atoms with Crippen molar-refractivity contribution in [2.75, 3.05) is 30.1 Å². The van der Waals surface area contributed by atoms with Crippen LogP contribution >= 0.6 is 11.6 Å². The Hall–Kier alpha value is -3.80. The maximum absolute atomic E-state index is 13.9. The van der Waals surface area contributed by atoms with E-state index in [1.54, 1.807) is 25.2 Å². The summed E-state index contributed by atoms with van der Waals surface area (Å²) in [5.74, 6) is -2.28. The minimum absolute atomic E-state index is 0.0343. The van der Waals surface area contributed by atoms with E-state index >= 15 is 0 Å². The second-order valence-corrected chi connectivity index (χ2v) is 9.94. The summed E-state index contributed by atoms with van der Waals surface area (Å²) in [6.07, 6.45) is 1.46. The van der Waals surface area contributed by atoms with Crippen molar-refractivity contribution in [3.63, 3.8) is 0 Å². The fraction of sp³-hybridized carbons (Fsp3) is 0.296. The van der Waals surface area contributed by atoms with Crippen LogP contribution in [0.25, 0.3) is 0 Å². The maximum atomic E-state index is 13.9. The smallest absolute Gasteiger partial charge is 0.273 e. The zero-order chi connectivity index (χ0) is 28.5. The fourth-order valence-corrected chi connectivity index (χ4v) is 4.35. The fourth-order valence-electron chi connectivity index (χ4n) is 4.13. The summed E-state index contributed by atoms with van der Waals surface area (Å²) in [7, 11) is 1.63. The van der Waals surface area contributed by atoms with Gasteiger partial charge in [-0.1, -0.05) is 17.7 Å². The normalized spacial score (nSPS) is 13.0. The molecule has 39 heavy (non-hydrogen) atoms. The molecule has 0 unspecified atom stereocenters. The van der Waals surface area contributed by atoms with Gasteiger partial charge in [0.15, 0.2) is 0 Å². The second kappa shape index (κ2) is 11.1. The van der Waals surface area contributed by atoms with E-state index in [0.717, 1.165) is 12.1 Å². The minimum atomic E-state index is -1.64. The summed E-state index contributed by atoms with van der Waals surface area (Å²) >= 11 is 6.25. The molecular formula is C27H27ClF2N4O5. The van der Waals surface area contributed by atoms with Gasteiger partial charge in [-0.05, 0) is 56.8 Å². The van der Waals surface area contributed by atoms with E-state index in [0.29, 0.717) is 16.9 Å². The van der Waals surface area contributed by atoms with Crippen LogP contribution in [-0.4, -0.2) is 47.4 Å². The molecule has 1 aliphatic heterocycles. The Labute approximate surface area is 228 Å². The Kier molecular flexibility index (Phi) is 8.05. The largest absolute Gasteiger partial charge is 0.487 e. The molecule has 0 radical (unpaired) electrons. The lowest BCUT2D eigenvalue weighted by molar-refractivity contribution is -0.133. The predicted molar refractivity (Wildman–Crippen MR) is 142 cm³/mol. The van der Waals surface area contributed by atoms with Gasteiger partial charge in [0.1, 0.15) is 41.3 Å². The van der Waals surface area contributed by atoms with Crippen LogP contribution in [0.2, 0.25) is 5.02 Å². The molecule has 0 spiro atoms. The number of carbonyl (C=O) groups is 2. The first-order valence-corrected chi connectivity index (χ1v) is 12.4. The maximum Gasteiger partial charge on any atom is 0.273 e. The van der Waals surface area contributed by atoms with E-state index in [4.69, 9.17) is 16.3 Å². The first-order chi connectivity index (χ1) is 18.4. The number of aromatic nitrogens is 1. The van der Waals surface area contributed by atoms with Gasteiger partial charge in [-0.15, -0.1) is 0 Å². The highest BCUT2D eigenvalue weighted by Crippen LogP contribution is 2.38. The van der Waals surface area contributed by atoms with Crippen LogP contribution in [0.3, 0.4) is 0 Å². The first kappa shape index (κ1) is 28.2. The Morgan fingerprint density at radius 2 is 1.85 bits per heavy atom. The number of likely N-dealkylation sites (N-methyl/N-ethyl adjacent to an activating group) is 1. The number of hydrogen-bond acceptors (Lipinski definition) is 6. The summed E-state index contributed by atoms with van der Waals surface area (Å²) in [6, 6.07) is 9.61. The molecule has 0 fully saturated rings. The molecule has 2 N–H and O–H groups in total. The van der Waals surface area contributed by atoms with Crippen LogP contribution in [0.15, 0.2) is 53.5 Å². The van der Waals surface area contributed by atoms with Gasteiger partial charge >= 0.3 is 0 Å². The number of fused-ring (bicyclic) bond motifs is 1. The van der Waals surface area contributed by atoms with Crippen molar-refractivity contribution in [2.45, 2.75) is 32.6 Å². The molecule has 1 aliphatic rings. The number of hydrogen-bond donors (Lipinski definition) is 2. The van der Waals surface area contributed by atoms with Crippen molar-refractivity contribution < 1.29 is 28.2 Å². The second-order valence-electron chi connectivity index (χ2n) is 9.56. The molecule has 1 aromatic heterocycles. The van der Waals surface area contributed by atoms with Crippen LogP contribution in [0, 0.1) is 11.6 Å². The zero-order valence-corrected chi connectivity index (χ0v) is 22.3. The molecule has 0 aliphatic carbocycles. The molecule has 0 saturated carbocycles. The standard InChI is InChI=1S/C27H27ClF2N4O5/c1-27(2,38)26(37)34-15-33(23(35)12-31-3)21-10-16(4-7-20(21)34)13-32-9-8-22(24(28)25(32)36)39-14-17-5-6-18(29)11-19(17)30/h4-11,31,38H,12-15H2,1-3H3. The molecule has 0 bridgehead atoms. The van der Waals surface area contributed by atoms with Crippen molar-refractivity contribution in [3.05, 3.63) is 86.8 Å². The number of benzene rings is 2. The number of amides is 2. The number of rotatable bonds is 8. The van der Waals surface area contributed by atoms with E-state index in [1.807, 2.05) is 0 Å². The number of nitrogens with one attached hydrogen (secondary N) is 1. The lowest BCUT2D eigenvalue weighted by Crippen LogP contribution is -2.48. The summed E-state index contributed by atoms with van der Waals surface area (Å²) in [6.45, 7) is 2.56. The Morgan fingerprint density at radius 1 is 1.10 bits per heavy atom. The Balaban J connectivity index is 1.58. The molecule has 9 nitrogen and oxygen atoms in total. The van der Waals surface area contributed by atoms with Gasteiger partial charge in [-0.25, -0.2) is 8.78 Å². The van der Waals surface area contributed by atoms with Crippen LogP contribution in [0.1, 0.15) is 25.0 Å². The van der Waals surface area contributed by atoms with E-state index in [-0.39, 0.29) is 48.6 Å². The van der Waals surface area contributed by atoms with Gasteiger partial charge in [-0.3, -0.25) is 24.2 Å². The molecule has 2 amide bonds. The quantitative estimate of drug-likeness (QED) is 0.439. The van der Waals surface area contributed by atoms with E-state index < -0.39 is 28.7 Å². The van der Waals surface area contributed by atoms with Crippen molar-refractivity contribution in [1.29, 1.82) is 0 Å². The molecule has 0 saturated heterocycles. The molecule has 2 aromatic carbocycles. The highest BCUT2D eigenvalue weighted by molar-refractivity contribution is 6.31. The van der Waals surface area contributed by atoms with Gasteiger partial charge in [0.2, 0.25) is 5.91 Å². The van der Waals surface area contributed by atoms with Gasteiger partial charge in [0.05, 0.1) is 24.5 Å². The van der Waals surface area contributed by atoms with Crippen LogP contribution in [0.5, 0.6) is 5.75 Å². The average molecular weight is 561 g/mol.